The molecule has 0 aliphatic carbocycles. The first-order valence-electron chi connectivity index (χ1n) is 8.61. The molecule has 3 N–H and O–H groups in total. The van der Waals surface area contributed by atoms with Crippen molar-refractivity contribution in [1.29, 1.82) is 0 Å². The Balaban J connectivity index is 0.000000878. The third-order valence-corrected chi connectivity index (χ3v) is 4.79. The average Bonchev–Trinajstić information content (AvgIpc) is 2.70. The molecule has 9 nitrogen and oxygen atoms in total. The number of aliphatic hydroxyl groups excluding tert-OH is 1. The van der Waals surface area contributed by atoms with Crippen LogP contribution in [-0.2, 0) is 16.0 Å². The topological polar surface area (TPSA) is 133 Å². The summed E-state index contributed by atoms with van der Waals surface area (Å²) in [5.74, 6) is -0.0991. The van der Waals surface area contributed by atoms with Crippen molar-refractivity contribution in [3.05, 3.63) is 48.3 Å². The van der Waals surface area contributed by atoms with Gasteiger partial charge in [0.05, 0.1) is 13.2 Å². The lowest BCUT2D eigenvalue weighted by Crippen LogP contribution is -2.56. The molecule has 2 atom stereocenters. The first-order valence-corrected chi connectivity index (χ1v) is 8.61. The summed E-state index contributed by atoms with van der Waals surface area (Å²) in [5, 5.41) is 27.5. The zero-order chi connectivity index (χ0) is 20.6. The van der Waals surface area contributed by atoms with Crippen LogP contribution in [0.2, 0.25) is 0 Å². The quantitative estimate of drug-likeness (QED) is 0.642. The van der Waals surface area contributed by atoms with Crippen molar-refractivity contribution in [2.24, 2.45) is 5.41 Å². The standard InChI is InChI=1S/C18H21N3O4.CH2O2/c1-25-16-15(19-8-9-20-16)21-10-7-18(17(23)24,14(22)12-21)11-13-5-3-2-4-6-13;2-1-3/h2-6,8-9,14,22H,7,10-12H2,1H3,(H,23,24);1H,(H,2,3)/t14-,18+;/m0./s1. The number of piperidine rings is 1. The minimum absolute atomic E-state index is 0.161. The number of β-amino-alcohol motifs (C(OH)–C–C–N with tert-alkyl or cyclic N) is 1. The number of aromatic nitrogens is 2. The Morgan fingerprint density at radius 1 is 1.32 bits per heavy atom. The maximum absolute atomic E-state index is 12.0. The van der Waals surface area contributed by atoms with E-state index in [0.29, 0.717) is 24.7 Å². The normalized spacial score (nSPS) is 21.2. The highest BCUT2D eigenvalue weighted by Crippen LogP contribution is 2.38. The lowest BCUT2D eigenvalue weighted by Gasteiger charge is -2.43. The van der Waals surface area contributed by atoms with E-state index in [1.807, 2.05) is 35.2 Å². The van der Waals surface area contributed by atoms with Gasteiger partial charge < -0.3 is 25.0 Å². The van der Waals surface area contributed by atoms with E-state index in [2.05, 4.69) is 9.97 Å². The Labute approximate surface area is 162 Å². The molecule has 1 aliphatic heterocycles. The van der Waals surface area contributed by atoms with E-state index >= 15 is 0 Å². The number of hydrogen-bond donors (Lipinski definition) is 3. The van der Waals surface area contributed by atoms with E-state index in [0.717, 1.165) is 5.56 Å². The summed E-state index contributed by atoms with van der Waals surface area (Å²) in [7, 11) is 1.50. The van der Waals surface area contributed by atoms with E-state index in [-0.39, 0.29) is 19.4 Å². The molecule has 2 heterocycles. The molecule has 0 spiro atoms. The van der Waals surface area contributed by atoms with Crippen molar-refractivity contribution in [3.63, 3.8) is 0 Å². The Morgan fingerprint density at radius 3 is 2.54 bits per heavy atom. The van der Waals surface area contributed by atoms with Crippen LogP contribution < -0.4 is 9.64 Å². The van der Waals surface area contributed by atoms with Crippen LogP contribution in [-0.4, -0.2) is 64.0 Å². The van der Waals surface area contributed by atoms with Crippen LogP contribution in [0.5, 0.6) is 5.88 Å². The van der Waals surface area contributed by atoms with E-state index in [9.17, 15) is 15.0 Å². The van der Waals surface area contributed by atoms with Gasteiger partial charge in [-0.05, 0) is 18.4 Å². The van der Waals surface area contributed by atoms with Crippen LogP contribution >= 0.6 is 0 Å². The summed E-state index contributed by atoms with van der Waals surface area (Å²) in [4.78, 5) is 30.6. The van der Waals surface area contributed by atoms with Crippen LogP contribution in [0.4, 0.5) is 5.82 Å². The van der Waals surface area contributed by atoms with Crippen molar-refractivity contribution in [2.75, 3.05) is 25.1 Å². The molecule has 0 bridgehead atoms. The van der Waals surface area contributed by atoms with Crippen molar-refractivity contribution in [3.8, 4) is 5.88 Å². The smallest absolute Gasteiger partial charge is 0.312 e. The predicted molar refractivity (Wildman–Crippen MR) is 100 cm³/mol. The number of anilines is 1. The molecule has 0 radical (unpaired) electrons. The van der Waals surface area contributed by atoms with Crippen LogP contribution in [0, 0.1) is 5.41 Å². The number of benzene rings is 1. The first kappa shape index (κ1) is 21.1. The predicted octanol–water partition coefficient (Wildman–Crippen LogP) is 1.07. The fourth-order valence-electron chi connectivity index (χ4n) is 3.34. The monoisotopic (exact) mass is 389 g/mol. The van der Waals surface area contributed by atoms with Gasteiger partial charge in [0.1, 0.15) is 5.41 Å². The Morgan fingerprint density at radius 2 is 1.96 bits per heavy atom. The van der Waals surface area contributed by atoms with Gasteiger partial charge >= 0.3 is 5.97 Å². The van der Waals surface area contributed by atoms with Gasteiger partial charge in [-0.2, -0.15) is 0 Å². The lowest BCUT2D eigenvalue weighted by atomic mass is 9.71. The molecule has 9 heteroatoms. The molecule has 1 fully saturated rings. The van der Waals surface area contributed by atoms with E-state index in [4.69, 9.17) is 14.6 Å². The highest BCUT2D eigenvalue weighted by Gasteiger charge is 2.49. The number of hydrogen-bond acceptors (Lipinski definition) is 7. The molecule has 1 aliphatic rings. The molecule has 1 aromatic heterocycles. The fraction of sp³-hybridized carbons (Fsp3) is 0.368. The first-order chi connectivity index (χ1) is 13.5. The van der Waals surface area contributed by atoms with Gasteiger partial charge in [-0.15, -0.1) is 0 Å². The summed E-state index contributed by atoms with van der Waals surface area (Å²) in [6.45, 7) is 0.361. The molecule has 2 aromatic rings. The van der Waals surface area contributed by atoms with Crippen molar-refractivity contribution >= 4 is 18.3 Å². The molecule has 0 amide bonds. The summed E-state index contributed by atoms with van der Waals surface area (Å²) < 4.78 is 5.22. The van der Waals surface area contributed by atoms with Gasteiger partial charge in [-0.1, -0.05) is 30.3 Å². The second-order valence-corrected chi connectivity index (χ2v) is 6.33. The molecular weight excluding hydrogens is 366 g/mol. The lowest BCUT2D eigenvalue weighted by molar-refractivity contribution is -0.158. The van der Waals surface area contributed by atoms with Crippen molar-refractivity contribution < 1.29 is 29.6 Å². The molecule has 28 heavy (non-hydrogen) atoms. The number of nitrogens with zero attached hydrogens (tertiary/aromatic N) is 3. The summed E-state index contributed by atoms with van der Waals surface area (Å²) in [6, 6.07) is 9.40. The van der Waals surface area contributed by atoms with Gasteiger partial charge in [0, 0.05) is 25.5 Å². The van der Waals surface area contributed by atoms with Gasteiger partial charge in [-0.3, -0.25) is 9.59 Å². The van der Waals surface area contributed by atoms with Crippen molar-refractivity contribution in [2.45, 2.75) is 18.9 Å². The number of rotatable bonds is 5. The second kappa shape index (κ2) is 9.65. The molecule has 150 valence electrons. The second-order valence-electron chi connectivity index (χ2n) is 6.33. The molecule has 0 saturated carbocycles. The third-order valence-electron chi connectivity index (χ3n) is 4.79. The summed E-state index contributed by atoms with van der Waals surface area (Å²) >= 11 is 0. The largest absolute Gasteiger partial charge is 0.483 e. The minimum atomic E-state index is -1.21. The van der Waals surface area contributed by atoms with E-state index in [1.54, 1.807) is 6.20 Å². The fourth-order valence-corrected chi connectivity index (χ4v) is 3.34. The molecular formula is C19H23N3O6. The molecule has 1 aromatic carbocycles. The zero-order valence-corrected chi connectivity index (χ0v) is 15.4. The van der Waals surface area contributed by atoms with Gasteiger partial charge in [0.25, 0.3) is 12.4 Å². The average molecular weight is 389 g/mol. The maximum atomic E-state index is 12.0. The minimum Gasteiger partial charge on any atom is -0.483 e. The number of carboxylic acids is 1. The molecule has 3 rings (SSSR count). The number of aliphatic carboxylic acids is 1. The van der Waals surface area contributed by atoms with Gasteiger partial charge in [0.2, 0.25) is 0 Å². The van der Waals surface area contributed by atoms with Crippen LogP contribution in [0.3, 0.4) is 0 Å². The van der Waals surface area contributed by atoms with Crippen molar-refractivity contribution in [1.82, 2.24) is 9.97 Å². The summed E-state index contributed by atoms with van der Waals surface area (Å²) in [5.41, 5.74) is -0.317. The summed E-state index contributed by atoms with van der Waals surface area (Å²) in [6.07, 6.45) is 2.63. The molecule has 1 saturated heterocycles. The third kappa shape index (κ3) is 4.55. The highest BCUT2D eigenvalue weighted by molar-refractivity contribution is 5.76. The van der Waals surface area contributed by atoms with E-state index < -0.39 is 17.5 Å². The van der Waals surface area contributed by atoms with Gasteiger partial charge in [0.15, 0.2) is 5.82 Å². The van der Waals surface area contributed by atoms with Crippen LogP contribution in [0.25, 0.3) is 0 Å². The Kier molecular flexibility index (Phi) is 7.28. The number of carboxylic acid groups (broad SMARTS) is 2. The number of ether oxygens (including phenoxy) is 1. The Hall–Kier alpha value is -3.20. The number of methoxy groups -OCH3 is 1. The Bertz CT molecular complexity index is 788. The highest BCUT2D eigenvalue weighted by atomic mass is 16.5. The molecule has 0 unspecified atom stereocenters. The number of carbonyl (C=O) groups is 2. The maximum Gasteiger partial charge on any atom is 0.312 e. The van der Waals surface area contributed by atoms with Crippen LogP contribution in [0.1, 0.15) is 12.0 Å². The van der Waals surface area contributed by atoms with Crippen LogP contribution in [0.15, 0.2) is 42.7 Å². The SMILES string of the molecule is COc1nccnc1N1CC[C@](Cc2ccccc2)(C(=O)O)[C@@H](O)C1.O=CO. The number of aliphatic hydroxyl groups is 1. The van der Waals surface area contributed by atoms with E-state index in [1.165, 1.54) is 13.3 Å². The van der Waals surface area contributed by atoms with Gasteiger partial charge in [-0.25, -0.2) is 9.97 Å². The zero-order valence-electron chi connectivity index (χ0n) is 15.4.